The van der Waals surface area contributed by atoms with E-state index in [9.17, 15) is 19.8 Å². The van der Waals surface area contributed by atoms with Gasteiger partial charge in [0, 0.05) is 18.3 Å². The third-order valence-corrected chi connectivity index (χ3v) is 4.73. The number of methoxy groups -OCH3 is 2. The Morgan fingerprint density at radius 2 is 1.24 bits per heavy atom. The summed E-state index contributed by atoms with van der Waals surface area (Å²) in [5.74, 6) is -1.38. The molecule has 1 aliphatic carbocycles. The highest BCUT2D eigenvalue weighted by Crippen LogP contribution is 2.68. The van der Waals surface area contributed by atoms with Gasteiger partial charge in [0.25, 0.3) is 0 Å². The number of hydrogen-bond acceptors (Lipinski definition) is 8. The fourth-order valence-electron chi connectivity index (χ4n) is 2.97. The van der Waals surface area contributed by atoms with Gasteiger partial charge in [-0.15, -0.1) is 0 Å². The van der Waals surface area contributed by atoms with Crippen LogP contribution in [0.3, 0.4) is 0 Å². The van der Waals surface area contributed by atoms with Crippen LogP contribution in [0.25, 0.3) is 0 Å². The molecule has 21 heavy (non-hydrogen) atoms. The lowest BCUT2D eigenvalue weighted by molar-refractivity contribution is -0.145. The molecule has 0 aromatic carbocycles. The van der Waals surface area contributed by atoms with Crippen LogP contribution in [0, 0.1) is 5.41 Å². The zero-order valence-corrected chi connectivity index (χ0v) is 12.8. The Bertz CT molecular complexity index is 402. The lowest BCUT2D eigenvalue weighted by atomic mass is 10.00. The molecule has 0 unspecified atom stereocenters. The van der Waals surface area contributed by atoms with E-state index < -0.39 is 40.6 Å². The summed E-state index contributed by atoms with van der Waals surface area (Å²) < 4.78 is 9.01. The maximum absolute atomic E-state index is 11.4. The van der Waals surface area contributed by atoms with E-state index in [1.165, 1.54) is 14.2 Å². The molecule has 6 N–H and O–H groups in total. The summed E-state index contributed by atoms with van der Waals surface area (Å²) in [6.45, 7) is 3.22. The molecule has 0 saturated heterocycles. The SMILES string of the molecule is COC(=O)[C@@H](N)C[C@]1(O)C(C)(C)[C@@]1(O)C[C@H](N)C(=O)OC. The monoisotopic (exact) mass is 304 g/mol. The van der Waals surface area contributed by atoms with E-state index in [0.29, 0.717) is 0 Å². The van der Waals surface area contributed by atoms with Crippen molar-refractivity contribution in [2.75, 3.05) is 14.2 Å². The van der Waals surface area contributed by atoms with E-state index >= 15 is 0 Å². The van der Waals surface area contributed by atoms with E-state index in [4.69, 9.17) is 11.5 Å². The number of aliphatic hydroxyl groups is 2. The van der Waals surface area contributed by atoms with E-state index in [2.05, 4.69) is 9.47 Å². The van der Waals surface area contributed by atoms with Crippen molar-refractivity contribution >= 4 is 11.9 Å². The standard InChI is InChI=1S/C13H24N2O6/c1-11(2)12(18,5-7(14)9(16)20-3)13(11,19)6-8(15)10(17)21-4/h7-8,18-19H,5-6,14-15H2,1-4H3/t7-,8-,12-,13-/m0/s1. The van der Waals surface area contributed by atoms with Gasteiger partial charge in [0.15, 0.2) is 0 Å². The number of carbonyl (C=O) groups excluding carboxylic acids is 2. The molecular weight excluding hydrogens is 280 g/mol. The van der Waals surface area contributed by atoms with E-state index in [-0.39, 0.29) is 12.8 Å². The van der Waals surface area contributed by atoms with E-state index in [1.807, 2.05) is 0 Å². The fourth-order valence-corrected chi connectivity index (χ4v) is 2.97. The van der Waals surface area contributed by atoms with Crippen LogP contribution in [0.15, 0.2) is 0 Å². The van der Waals surface area contributed by atoms with Crippen LogP contribution in [0.5, 0.6) is 0 Å². The van der Waals surface area contributed by atoms with Crippen LogP contribution in [0.1, 0.15) is 26.7 Å². The number of hydrogen-bond donors (Lipinski definition) is 4. The molecule has 0 aromatic heterocycles. The molecule has 1 aliphatic rings. The van der Waals surface area contributed by atoms with Gasteiger partial charge in [-0.05, 0) is 0 Å². The Labute approximate surface area is 123 Å². The molecule has 122 valence electrons. The zero-order chi connectivity index (χ0) is 16.6. The first-order valence-corrected chi connectivity index (χ1v) is 6.60. The van der Waals surface area contributed by atoms with Gasteiger partial charge in [0.2, 0.25) is 0 Å². The van der Waals surface area contributed by atoms with E-state index in [0.717, 1.165) is 0 Å². The first-order chi connectivity index (χ1) is 9.48. The summed E-state index contributed by atoms with van der Waals surface area (Å²) in [4.78, 5) is 22.8. The predicted molar refractivity (Wildman–Crippen MR) is 72.9 cm³/mol. The van der Waals surface area contributed by atoms with Crippen molar-refractivity contribution in [3.63, 3.8) is 0 Å². The van der Waals surface area contributed by atoms with Gasteiger partial charge in [0.05, 0.1) is 14.2 Å². The highest BCUT2D eigenvalue weighted by Gasteiger charge is 2.82. The van der Waals surface area contributed by atoms with Gasteiger partial charge in [0.1, 0.15) is 23.3 Å². The van der Waals surface area contributed by atoms with Crippen LogP contribution >= 0.6 is 0 Å². The minimum atomic E-state index is -1.64. The van der Waals surface area contributed by atoms with Gasteiger partial charge >= 0.3 is 11.9 Å². The average molecular weight is 304 g/mol. The van der Waals surface area contributed by atoms with Crippen molar-refractivity contribution in [2.45, 2.75) is 50.0 Å². The van der Waals surface area contributed by atoms with Crippen LogP contribution in [0.2, 0.25) is 0 Å². The molecule has 0 amide bonds. The molecule has 0 aromatic rings. The molecule has 4 atom stereocenters. The Morgan fingerprint density at radius 1 is 0.952 bits per heavy atom. The summed E-state index contributed by atoms with van der Waals surface area (Å²) in [6.07, 6.45) is -0.395. The number of nitrogens with two attached hydrogens (primary N) is 2. The Kier molecular flexibility index (Phi) is 4.69. The lowest BCUT2D eigenvalue weighted by Crippen LogP contribution is -2.43. The summed E-state index contributed by atoms with van der Waals surface area (Å²) in [5, 5.41) is 21.3. The first-order valence-electron chi connectivity index (χ1n) is 6.60. The highest BCUT2D eigenvalue weighted by atomic mass is 16.5. The summed E-state index contributed by atoms with van der Waals surface area (Å²) >= 11 is 0. The smallest absolute Gasteiger partial charge is 0.322 e. The number of ether oxygens (including phenoxy) is 2. The minimum Gasteiger partial charge on any atom is -0.468 e. The molecule has 0 spiro atoms. The second kappa shape index (κ2) is 5.53. The molecule has 1 saturated carbocycles. The first kappa shape index (κ1) is 17.8. The molecule has 8 nitrogen and oxygen atoms in total. The molecular formula is C13H24N2O6. The van der Waals surface area contributed by atoms with Crippen LogP contribution < -0.4 is 11.5 Å². The van der Waals surface area contributed by atoms with Crippen molar-refractivity contribution in [1.29, 1.82) is 0 Å². The summed E-state index contributed by atoms with van der Waals surface area (Å²) in [5.41, 5.74) is 7.03. The maximum atomic E-state index is 11.4. The van der Waals surface area contributed by atoms with Gasteiger partial charge in [-0.2, -0.15) is 0 Å². The molecule has 8 heteroatoms. The maximum Gasteiger partial charge on any atom is 0.322 e. The topological polar surface area (TPSA) is 145 Å². The van der Waals surface area contributed by atoms with Crippen LogP contribution in [-0.4, -0.2) is 59.7 Å². The Morgan fingerprint density at radius 3 is 1.48 bits per heavy atom. The number of esters is 2. The second-order valence-electron chi connectivity index (χ2n) is 6.01. The summed E-state index contributed by atoms with van der Waals surface area (Å²) in [7, 11) is 2.37. The highest BCUT2D eigenvalue weighted by molar-refractivity contribution is 5.76. The lowest BCUT2D eigenvalue weighted by Gasteiger charge is -2.20. The summed E-state index contributed by atoms with van der Waals surface area (Å²) in [6, 6.07) is -2.16. The minimum absolute atomic E-state index is 0.197. The van der Waals surface area contributed by atoms with Crippen molar-refractivity contribution < 1.29 is 29.3 Å². The average Bonchev–Trinajstić information content (AvgIpc) is 2.74. The molecule has 0 bridgehead atoms. The van der Waals surface area contributed by atoms with Gasteiger partial charge < -0.3 is 31.2 Å². The van der Waals surface area contributed by atoms with Crippen LogP contribution in [-0.2, 0) is 19.1 Å². The fraction of sp³-hybridized carbons (Fsp3) is 0.846. The quantitative estimate of drug-likeness (QED) is 0.423. The van der Waals surface area contributed by atoms with E-state index in [1.54, 1.807) is 13.8 Å². The molecule has 1 rings (SSSR count). The Balaban J connectivity index is 2.88. The van der Waals surface area contributed by atoms with Crippen molar-refractivity contribution in [3.05, 3.63) is 0 Å². The van der Waals surface area contributed by atoms with Gasteiger partial charge in [-0.1, -0.05) is 13.8 Å². The number of rotatable bonds is 6. The molecule has 0 radical (unpaired) electrons. The third kappa shape index (κ3) is 2.52. The third-order valence-electron chi connectivity index (χ3n) is 4.73. The van der Waals surface area contributed by atoms with Gasteiger partial charge in [-0.3, -0.25) is 9.59 Å². The second-order valence-corrected chi connectivity index (χ2v) is 6.01. The van der Waals surface area contributed by atoms with Gasteiger partial charge in [-0.25, -0.2) is 0 Å². The van der Waals surface area contributed by atoms with Crippen LogP contribution in [0.4, 0.5) is 0 Å². The normalized spacial score (nSPS) is 33.0. The van der Waals surface area contributed by atoms with Crippen molar-refractivity contribution in [1.82, 2.24) is 0 Å². The largest absolute Gasteiger partial charge is 0.468 e. The Hall–Kier alpha value is -1.22. The van der Waals surface area contributed by atoms with Crippen molar-refractivity contribution in [2.24, 2.45) is 16.9 Å². The molecule has 0 aliphatic heterocycles. The van der Waals surface area contributed by atoms with Crippen molar-refractivity contribution in [3.8, 4) is 0 Å². The predicted octanol–water partition coefficient (Wildman–Crippen LogP) is -1.73. The number of carbonyl (C=O) groups is 2. The molecule has 0 heterocycles. The zero-order valence-electron chi connectivity index (χ0n) is 12.8. The molecule has 1 fully saturated rings.